The van der Waals surface area contributed by atoms with Gasteiger partial charge in [-0.1, -0.05) is 91.3 Å². The largest absolute Gasteiger partial charge is 0.301 e. The summed E-state index contributed by atoms with van der Waals surface area (Å²) in [5.74, 6) is 0.147. The molecule has 0 saturated carbocycles. The molecule has 3 fully saturated rings. The van der Waals surface area contributed by atoms with E-state index in [1.54, 1.807) is 0 Å². The van der Waals surface area contributed by atoms with E-state index in [0.717, 1.165) is 64.4 Å². The van der Waals surface area contributed by atoms with Gasteiger partial charge < -0.3 is 4.90 Å². The molecule has 3 heterocycles. The zero-order valence-electron chi connectivity index (χ0n) is 25.3. The van der Waals surface area contributed by atoms with Gasteiger partial charge in [0.15, 0.2) is 11.6 Å². The maximum absolute atomic E-state index is 15.8. The lowest BCUT2D eigenvalue weighted by Crippen LogP contribution is -2.65. The van der Waals surface area contributed by atoms with Crippen LogP contribution in [-0.4, -0.2) is 54.1 Å². The molecule has 4 nitrogen and oxygen atoms in total. The molecule has 0 bridgehead atoms. The van der Waals surface area contributed by atoms with Gasteiger partial charge in [0.05, 0.1) is 5.41 Å². The number of likely N-dealkylation sites (tertiary alicyclic amines) is 1. The number of nitrogens with zero attached hydrogens (tertiary/aromatic N) is 2. The summed E-state index contributed by atoms with van der Waals surface area (Å²) in [6, 6.07) is 29.5. The monoisotopic (exact) mass is 566 g/mol. The number of ketones is 2. The highest BCUT2D eigenvalue weighted by molar-refractivity contribution is 6.24. The van der Waals surface area contributed by atoms with Crippen LogP contribution in [0.1, 0.15) is 63.4 Å². The van der Waals surface area contributed by atoms with Crippen molar-refractivity contribution < 1.29 is 9.59 Å². The molecule has 8 rings (SSSR count). The van der Waals surface area contributed by atoms with Gasteiger partial charge >= 0.3 is 0 Å². The smallest absolute Gasteiger partial charge is 0.189 e. The molecule has 4 aromatic rings. The van der Waals surface area contributed by atoms with Crippen LogP contribution in [-0.2, 0) is 10.3 Å². The van der Waals surface area contributed by atoms with E-state index >= 15 is 9.59 Å². The molecular weight excluding hydrogens is 528 g/mol. The number of hydrogen-bond acceptors (Lipinski definition) is 4. The van der Waals surface area contributed by atoms with Gasteiger partial charge in [-0.05, 0) is 84.9 Å². The molecule has 1 unspecified atom stereocenters. The second-order valence-corrected chi connectivity index (χ2v) is 13.3. The van der Waals surface area contributed by atoms with Gasteiger partial charge in [0.2, 0.25) is 0 Å². The molecule has 0 amide bonds. The lowest BCUT2D eigenvalue weighted by atomic mass is 9.54. The molecule has 4 atom stereocenters. The van der Waals surface area contributed by atoms with E-state index < -0.39 is 11.0 Å². The molecule has 0 N–H and O–H groups in total. The van der Waals surface area contributed by atoms with Crippen molar-refractivity contribution in [2.45, 2.75) is 50.6 Å². The molecule has 0 radical (unpaired) electrons. The van der Waals surface area contributed by atoms with Crippen molar-refractivity contribution in [2.75, 3.05) is 26.7 Å². The predicted octanol–water partition coefficient (Wildman–Crippen LogP) is 7.08. The fraction of sp³-hybridized carbons (Fsp3) is 0.333. The second-order valence-electron chi connectivity index (χ2n) is 13.3. The lowest BCUT2D eigenvalue weighted by Gasteiger charge is -2.52. The maximum atomic E-state index is 15.8. The Hall–Kier alpha value is -3.86. The predicted molar refractivity (Wildman–Crippen MR) is 172 cm³/mol. The van der Waals surface area contributed by atoms with Crippen LogP contribution in [0.5, 0.6) is 0 Å². The Kier molecular flexibility index (Phi) is 5.95. The normalized spacial score (nSPS) is 29.8. The molecule has 1 aliphatic carbocycles. The summed E-state index contributed by atoms with van der Waals surface area (Å²) in [5, 5.41) is 2.12. The fourth-order valence-electron chi connectivity index (χ4n) is 9.58. The quantitative estimate of drug-likeness (QED) is 0.243. The van der Waals surface area contributed by atoms with Crippen LogP contribution < -0.4 is 0 Å². The highest BCUT2D eigenvalue weighted by Crippen LogP contribution is 2.69. The molecule has 3 aliphatic heterocycles. The number of benzene rings is 4. The van der Waals surface area contributed by atoms with Gasteiger partial charge in [0.25, 0.3) is 0 Å². The fourth-order valence-corrected chi connectivity index (χ4v) is 9.58. The van der Waals surface area contributed by atoms with Gasteiger partial charge in [0, 0.05) is 36.2 Å². The Morgan fingerprint density at radius 1 is 0.814 bits per heavy atom. The second kappa shape index (κ2) is 9.57. The lowest BCUT2D eigenvalue weighted by molar-refractivity contribution is -0.134. The molecule has 0 aromatic heterocycles. The van der Waals surface area contributed by atoms with Crippen molar-refractivity contribution in [3.05, 3.63) is 124 Å². The third-order valence-electron chi connectivity index (χ3n) is 11.1. The number of Topliss-reactive ketones (excluding diaryl/α,β-unsaturated/α-hetero) is 2. The first-order valence-corrected chi connectivity index (χ1v) is 15.8. The summed E-state index contributed by atoms with van der Waals surface area (Å²) in [6.45, 7) is 6.21. The first kappa shape index (κ1) is 26.7. The zero-order valence-corrected chi connectivity index (χ0v) is 25.3. The van der Waals surface area contributed by atoms with Crippen molar-refractivity contribution in [1.29, 1.82) is 0 Å². The van der Waals surface area contributed by atoms with Crippen LogP contribution in [0.15, 0.2) is 90.5 Å². The van der Waals surface area contributed by atoms with E-state index in [9.17, 15) is 0 Å². The van der Waals surface area contributed by atoms with E-state index in [4.69, 9.17) is 0 Å². The molecular formula is C39H38N2O2. The number of aryl methyl sites for hydroxylation is 2. The molecule has 3 saturated heterocycles. The van der Waals surface area contributed by atoms with Gasteiger partial charge in [0.1, 0.15) is 5.54 Å². The van der Waals surface area contributed by atoms with Gasteiger partial charge in [-0.25, -0.2) is 0 Å². The summed E-state index contributed by atoms with van der Waals surface area (Å²) in [5.41, 5.74) is 5.18. The van der Waals surface area contributed by atoms with E-state index in [-0.39, 0.29) is 23.5 Å². The minimum Gasteiger partial charge on any atom is -0.301 e. The summed E-state index contributed by atoms with van der Waals surface area (Å²) in [6.07, 6.45) is 5.24. The van der Waals surface area contributed by atoms with E-state index in [1.165, 1.54) is 11.1 Å². The summed E-state index contributed by atoms with van der Waals surface area (Å²) in [7, 11) is 2.13. The maximum Gasteiger partial charge on any atom is 0.189 e. The number of likely N-dealkylation sites (N-methyl/N-ethyl adjacent to an activating group) is 1. The van der Waals surface area contributed by atoms with Crippen molar-refractivity contribution in [3.8, 4) is 0 Å². The SMILES string of the molecule is Cc1ccccc1/C=C1\CN(C)CC2(C1=O)[C@@H](c1ccccc1C)[C@@H]1CCCCN1[C@@]21C(=O)c2cccc3cccc1c23. The zero-order chi connectivity index (χ0) is 29.5. The van der Waals surface area contributed by atoms with Crippen LogP contribution in [0.3, 0.4) is 0 Å². The number of rotatable bonds is 2. The van der Waals surface area contributed by atoms with E-state index in [0.29, 0.717) is 13.1 Å². The van der Waals surface area contributed by atoms with Crippen LogP contribution in [0.2, 0.25) is 0 Å². The summed E-state index contributed by atoms with van der Waals surface area (Å²) < 4.78 is 0. The van der Waals surface area contributed by atoms with Crippen molar-refractivity contribution in [3.63, 3.8) is 0 Å². The Morgan fingerprint density at radius 3 is 2.35 bits per heavy atom. The van der Waals surface area contributed by atoms with Crippen molar-refractivity contribution in [2.24, 2.45) is 5.41 Å². The molecule has 4 aromatic carbocycles. The topological polar surface area (TPSA) is 40.6 Å². The molecule has 2 spiro atoms. The Bertz CT molecular complexity index is 1850. The van der Waals surface area contributed by atoms with Gasteiger partial charge in [-0.3, -0.25) is 14.5 Å². The van der Waals surface area contributed by atoms with Crippen LogP contribution in [0.4, 0.5) is 0 Å². The highest BCUT2D eigenvalue weighted by atomic mass is 16.1. The van der Waals surface area contributed by atoms with Crippen LogP contribution in [0, 0.1) is 19.3 Å². The minimum absolute atomic E-state index is 0.0959. The van der Waals surface area contributed by atoms with Crippen molar-refractivity contribution >= 4 is 28.4 Å². The number of hydrogen-bond donors (Lipinski definition) is 0. The molecule has 4 heteroatoms. The molecule has 4 aliphatic rings. The van der Waals surface area contributed by atoms with Crippen molar-refractivity contribution in [1.82, 2.24) is 9.80 Å². The minimum atomic E-state index is -1.06. The van der Waals surface area contributed by atoms with Crippen LogP contribution >= 0.6 is 0 Å². The van der Waals surface area contributed by atoms with Gasteiger partial charge in [-0.15, -0.1) is 0 Å². The van der Waals surface area contributed by atoms with E-state index in [2.05, 4.69) is 97.4 Å². The average molecular weight is 567 g/mol. The Labute approximate surface area is 254 Å². The van der Waals surface area contributed by atoms with Gasteiger partial charge in [-0.2, -0.15) is 0 Å². The Balaban J connectivity index is 1.49. The average Bonchev–Trinajstić information content (AvgIpc) is 3.42. The number of fused-ring (bicyclic) bond motifs is 4. The summed E-state index contributed by atoms with van der Waals surface area (Å²) in [4.78, 5) is 36.0. The highest BCUT2D eigenvalue weighted by Gasteiger charge is 2.77. The first-order chi connectivity index (χ1) is 20.9. The number of carbonyl (C=O) groups is 2. The Morgan fingerprint density at radius 2 is 1.56 bits per heavy atom. The summed E-state index contributed by atoms with van der Waals surface area (Å²) >= 11 is 0. The van der Waals surface area contributed by atoms with E-state index in [1.807, 2.05) is 24.3 Å². The third-order valence-corrected chi connectivity index (χ3v) is 11.1. The standard InChI is InChI=1S/C39H38N2O2/c1-25-12-4-6-14-28(25)22-29-23-40(3)24-38(36(29)42)35(30-17-7-5-13-26(30)2)33-20-8-9-21-41(33)39(38)32-19-11-16-27-15-10-18-31(34(27)32)37(39)43/h4-7,10-19,22,33,35H,8-9,20-21,23-24H2,1-3H3/b29-22+/t33-,35-,38?,39-/m0/s1. The number of carbonyl (C=O) groups excluding carboxylic acids is 2. The molecule has 216 valence electrons. The molecule has 43 heavy (non-hydrogen) atoms. The third kappa shape index (κ3) is 3.39. The first-order valence-electron chi connectivity index (χ1n) is 15.8. The van der Waals surface area contributed by atoms with Crippen LogP contribution in [0.25, 0.3) is 16.8 Å². The number of piperidine rings is 2.